The Kier molecular flexibility index (Phi) is 3.74. The van der Waals surface area contributed by atoms with Crippen LogP contribution in [-0.2, 0) is 16.6 Å². The number of aromatic nitrogens is 3. The van der Waals surface area contributed by atoms with Gasteiger partial charge >= 0.3 is 0 Å². The maximum absolute atomic E-state index is 12.3. The molecule has 2 aromatic rings. The number of anilines is 1. The third-order valence-electron chi connectivity index (χ3n) is 2.48. The third kappa shape index (κ3) is 2.86. The van der Waals surface area contributed by atoms with Crippen LogP contribution in [0.25, 0.3) is 0 Å². The fraction of sp³-hybridized carbons (Fsp3) is 0.200. The van der Waals surface area contributed by atoms with Crippen molar-refractivity contribution in [1.82, 2.24) is 19.5 Å². The summed E-state index contributed by atoms with van der Waals surface area (Å²) in [5, 5.41) is 6.34. The topological polar surface area (TPSA) is 105 Å². The minimum absolute atomic E-state index is 0.00498. The molecule has 0 unspecified atom stereocenters. The molecule has 0 aliphatic rings. The zero-order valence-corrected chi connectivity index (χ0v) is 11.6. The van der Waals surface area contributed by atoms with Crippen molar-refractivity contribution in [1.29, 1.82) is 0 Å². The summed E-state index contributed by atoms with van der Waals surface area (Å²) < 4.78 is 25.8. The summed E-state index contributed by atoms with van der Waals surface area (Å²) >= 11 is 5.92. The van der Waals surface area contributed by atoms with Crippen LogP contribution in [0.1, 0.15) is 5.82 Å². The predicted molar refractivity (Wildman–Crippen MR) is 70.9 cm³/mol. The zero-order valence-electron chi connectivity index (χ0n) is 10.0. The lowest BCUT2D eigenvalue weighted by Crippen LogP contribution is -2.27. The Bertz CT molecular complexity index is 671. The van der Waals surface area contributed by atoms with Gasteiger partial charge in [0, 0.05) is 12.7 Å². The SMILES string of the molecule is CN(Cc1ncn[nH]1)S(=O)(=O)c1ccc(N)cc1Cl. The second-order valence-electron chi connectivity index (χ2n) is 3.88. The number of nitrogen functional groups attached to an aromatic ring is 1. The maximum atomic E-state index is 12.3. The van der Waals surface area contributed by atoms with Gasteiger partial charge in [0.15, 0.2) is 0 Å². The van der Waals surface area contributed by atoms with Gasteiger partial charge in [-0.05, 0) is 18.2 Å². The molecule has 19 heavy (non-hydrogen) atoms. The van der Waals surface area contributed by atoms with Crippen LogP contribution in [0.3, 0.4) is 0 Å². The molecule has 0 spiro atoms. The van der Waals surface area contributed by atoms with Gasteiger partial charge in [-0.3, -0.25) is 5.10 Å². The number of hydrogen-bond acceptors (Lipinski definition) is 5. The highest BCUT2D eigenvalue weighted by Crippen LogP contribution is 2.26. The van der Waals surface area contributed by atoms with E-state index in [2.05, 4.69) is 15.2 Å². The Hall–Kier alpha value is -1.64. The van der Waals surface area contributed by atoms with E-state index < -0.39 is 10.0 Å². The molecule has 0 atom stereocenters. The second-order valence-corrected chi connectivity index (χ2v) is 6.30. The Balaban J connectivity index is 2.31. The summed E-state index contributed by atoms with van der Waals surface area (Å²) in [6.07, 6.45) is 1.31. The number of nitrogens with two attached hydrogens (primary N) is 1. The average molecular weight is 302 g/mol. The van der Waals surface area contributed by atoms with Gasteiger partial charge in [0.25, 0.3) is 0 Å². The average Bonchev–Trinajstić information content (AvgIpc) is 2.81. The second kappa shape index (κ2) is 5.16. The lowest BCUT2D eigenvalue weighted by atomic mass is 10.3. The first-order chi connectivity index (χ1) is 8.91. The third-order valence-corrected chi connectivity index (χ3v) is 4.77. The highest BCUT2D eigenvalue weighted by molar-refractivity contribution is 7.89. The Morgan fingerprint density at radius 3 is 2.79 bits per heavy atom. The van der Waals surface area contributed by atoms with E-state index in [1.165, 1.54) is 31.6 Å². The first kappa shape index (κ1) is 13.8. The van der Waals surface area contributed by atoms with Crippen LogP contribution in [-0.4, -0.2) is 35.0 Å². The molecular formula is C10H12ClN5O2S. The van der Waals surface area contributed by atoms with Crippen LogP contribution in [0.4, 0.5) is 5.69 Å². The van der Waals surface area contributed by atoms with Crippen molar-refractivity contribution in [3.8, 4) is 0 Å². The molecule has 1 aromatic carbocycles. The van der Waals surface area contributed by atoms with Gasteiger partial charge in [0.2, 0.25) is 10.0 Å². The smallest absolute Gasteiger partial charge is 0.244 e. The fourth-order valence-corrected chi connectivity index (χ4v) is 3.15. The van der Waals surface area contributed by atoms with Crippen molar-refractivity contribution < 1.29 is 8.42 Å². The number of sulfonamides is 1. The monoisotopic (exact) mass is 301 g/mol. The number of hydrogen-bond donors (Lipinski definition) is 2. The molecule has 0 fully saturated rings. The van der Waals surface area contributed by atoms with E-state index in [0.29, 0.717) is 11.5 Å². The molecule has 102 valence electrons. The predicted octanol–water partition coefficient (Wildman–Crippen LogP) is 0.861. The Morgan fingerprint density at radius 1 is 1.47 bits per heavy atom. The van der Waals surface area contributed by atoms with Crippen LogP contribution in [0.15, 0.2) is 29.4 Å². The Labute approximate surface area is 115 Å². The molecule has 0 saturated heterocycles. The standard InChI is InChI=1S/C10H12ClN5O2S/c1-16(5-10-13-6-14-15-10)19(17,18)9-3-2-7(12)4-8(9)11/h2-4,6H,5,12H2,1H3,(H,13,14,15). The number of nitrogens with one attached hydrogen (secondary N) is 1. The van der Waals surface area contributed by atoms with Gasteiger partial charge in [-0.25, -0.2) is 13.4 Å². The van der Waals surface area contributed by atoms with Crippen molar-refractivity contribution in [2.75, 3.05) is 12.8 Å². The van der Waals surface area contributed by atoms with Gasteiger partial charge in [0.05, 0.1) is 11.6 Å². The summed E-state index contributed by atoms with van der Waals surface area (Å²) in [7, 11) is -2.27. The lowest BCUT2D eigenvalue weighted by Gasteiger charge is -2.16. The largest absolute Gasteiger partial charge is 0.399 e. The number of aromatic amines is 1. The van der Waals surface area contributed by atoms with Gasteiger partial charge in [-0.15, -0.1) is 0 Å². The number of H-pyrrole nitrogens is 1. The molecule has 7 nitrogen and oxygen atoms in total. The van der Waals surface area contributed by atoms with E-state index >= 15 is 0 Å². The molecule has 0 amide bonds. The van der Waals surface area contributed by atoms with Crippen LogP contribution in [0, 0.1) is 0 Å². The van der Waals surface area contributed by atoms with E-state index in [1.807, 2.05) is 0 Å². The molecule has 0 aliphatic carbocycles. The summed E-state index contributed by atoms with van der Waals surface area (Å²) in [6.45, 7) is 0.0725. The van der Waals surface area contributed by atoms with Crippen molar-refractivity contribution in [2.24, 2.45) is 0 Å². The summed E-state index contributed by atoms with van der Waals surface area (Å²) in [4.78, 5) is 3.88. The van der Waals surface area contributed by atoms with E-state index in [9.17, 15) is 8.42 Å². The quantitative estimate of drug-likeness (QED) is 0.815. The van der Waals surface area contributed by atoms with Gasteiger partial charge in [-0.1, -0.05) is 11.6 Å². The highest BCUT2D eigenvalue weighted by atomic mass is 35.5. The fourth-order valence-electron chi connectivity index (χ4n) is 1.50. The van der Waals surface area contributed by atoms with E-state index in [1.54, 1.807) is 0 Å². The number of benzene rings is 1. The van der Waals surface area contributed by atoms with Crippen molar-refractivity contribution in [3.05, 3.63) is 35.4 Å². The van der Waals surface area contributed by atoms with Crippen LogP contribution in [0.2, 0.25) is 5.02 Å². The molecule has 0 saturated carbocycles. The van der Waals surface area contributed by atoms with Gasteiger partial charge in [0.1, 0.15) is 17.0 Å². The molecule has 2 rings (SSSR count). The minimum Gasteiger partial charge on any atom is -0.399 e. The maximum Gasteiger partial charge on any atom is 0.244 e. The van der Waals surface area contributed by atoms with Crippen LogP contribution in [0.5, 0.6) is 0 Å². The molecule has 3 N–H and O–H groups in total. The zero-order chi connectivity index (χ0) is 14.0. The van der Waals surface area contributed by atoms with E-state index in [0.717, 1.165) is 4.31 Å². The summed E-state index contributed by atoms with van der Waals surface area (Å²) in [5.41, 5.74) is 5.94. The van der Waals surface area contributed by atoms with Crippen LogP contribution < -0.4 is 5.73 Å². The van der Waals surface area contributed by atoms with Crippen molar-refractivity contribution in [3.63, 3.8) is 0 Å². The Morgan fingerprint density at radius 2 is 2.21 bits per heavy atom. The molecule has 0 aliphatic heterocycles. The van der Waals surface area contributed by atoms with Crippen molar-refractivity contribution >= 4 is 27.3 Å². The summed E-state index contributed by atoms with van der Waals surface area (Å²) in [6, 6.07) is 4.27. The highest BCUT2D eigenvalue weighted by Gasteiger charge is 2.24. The molecule has 9 heteroatoms. The number of halogens is 1. The van der Waals surface area contributed by atoms with Crippen LogP contribution >= 0.6 is 11.6 Å². The number of rotatable bonds is 4. The van der Waals surface area contributed by atoms with E-state index in [4.69, 9.17) is 17.3 Å². The molecule has 1 heterocycles. The lowest BCUT2D eigenvalue weighted by molar-refractivity contribution is 0.457. The summed E-state index contributed by atoms with van der Waals surface area (Å²) in [5.74, 6) is 0.442. The molecule has 0 radical (unpaired) electrons. The molecule has 0 bridgehead atoms. The first-order valence-corrected chi connectivity index (χ1v) is 7.08. The van der Waals surface area contributed by atoms with Crippen molar-refractivity contribution in [2.45, 2.75) is 11.4 Å². The molecule has 1 aromatic heterocycles. The molecular weight excluding hydrogens is 290 g/mol. The van der Waals surface area contributed by atoms with Gasteiger partial charge < -0.3 is 5.73 Å². The van der Waals surface area contributed by atoms with E-state index in [-0.39, 0.29) is 16.5 Å². The number of nitrogens with zero attached hydrogens (tertiary/aromatic N) is 3. The minimum atomic E-state index is -3.70. The normalized spacial score (nSPS) is 11.9. The van der Waals surface area contributed by atoms with Gasteiger partial charge in [-0.2, -0.15) is 9.40 Å². The first-order valence-electron chi connectivity index (χ1n) is 5.27.